The summed E-state index contributed by atoms with van der Waals surface area (Å²) in [5.41, 5.74) is 2.89. The molecule has 0 saturated heterocycles. The zero-order valence-electron chi connectivity index (χ0n) is 9.10. The predicted molar refractivity (Wildman–Crippen MR) is 56.5 cm³/mol. The Kier molecular flexibility index (Phi) is 3.22. The Morgan fingerprint density at radius 1 is 1.62 bits per heavy atom. The van der Waals surface area contributed by atoms with Gasteiger partial charge in [0.1, 0.15) is 0 Å². The first-order valence-electron chi connectivity index (χ1n) is 5.15. The SMILES string of the molecule is COC(=O)CC1OCc2ccc(CO)cc21. The summed E-state index contributed by atoms with van der Waals surface area (Å²) in [7, 11) is 1.36. The summed E-state index contributed by atoms with van der Waals surface area (Å²) >= 11 is 0. The van der Waals surface area contributed by atoms with E-state index in [4.69, 9.17) is 9.84 Å². The van der Waals surface area contributed by atoms with Crippen molar-refractivity contribution in [3.63, 3.8) is 0 Å². The number of benzene rings is 1. The van der Waals surface area contributed by atoms with Crippen LogP contribution in [0.3, 0.4) is 0 Å². The number of hydrogen-bond acceptors (Lipinski definition) is 4. The molecule has 1 aliphatic heterocycles. The molecule has 0 aliphatic carbocycles. The number of carbonyl (C=O) groups is 1. The summed E-state index contributed by atoms with van der Waals surface area (Å²) in [5, 5.41) is 9.05. The van der Waals surface area contributed by atoms with Gasteiger partial charge in [0.15, 0.2) is 0 Å². The average Bonchev–Trinajstić information content (AvgIpc) is 2.71. The molecular weight excluding hydrogens is 208 g/mol. The van der Waals surface area contributed by atoms with E-state index in [2.05, 4.69) is 4.74 Å². The molecule has 0 saturated carbocycles. The minimum absolute atomic E-state index is 0.00176. The molecule has 1 unspecified atom stereocenters. The van der Waals surface area contributed by atoms with Gasteiger partial charge in [-0.2, -0.15) is 0 Å². The lowest BCUT2D eigenvalue weighted by molar-refractivity contribution is -0.143. The maximum Gasteiger partial charge on any atom is 0.308 e. The number of hydrogen-bond donors (Lipinski definition) is 1. The first-order chi connectivity index (χ1) is 7.74. The second kappa shape index (κ2) is 4.63. The summed E-state index contributed by atoms with van der Waals surface area (Å²) in [6, 6.07) is 5.68. The van der Waals surface area contributed by atoms with E-state index in [1.165, 1.54) is 7.11 Å². The zero-order chi connectivity index (χ0) is 11.5. The van der Waals surface area contributed by atoms with Gasteiger partial charge in [0, 0.05) is 0 Å². The fourth-order valence-corrected chi connectivity index (χ4v) is 1.86. The van der Waals surface area contributed by atoms with E-state index in [9.17, 15) is 4.79 Å². The van der Waals surface area contributed by atoms with Gasteiger partial charge < -0.3 is 14.6 Å². The van der Waals surface area contributed by atoms with E-state index in [0.29, 0.717) is 6.61 Å². The lowest BCUT2D eigenvalue weighted by Crippen LogP contribution is -2.07. The van der Waals surface area contributed by atoms with Crippen molar-refractivity contribution < 1.29 is 19.4 Å². The molecule has 0 spiro atoms. The van der Waals surface area contributed by atoms with Gasteiger partial charge in [0.05, 0.1) is 32.8 Å². The first-order valence-corrected chi connectivity index (χ1v) is 5.15. The summed E-state index contributed by atoms with van der Waals surface area (Å²) in [6.07, 6.45) is -0.0211. The Balaban J connectivity index is 2.20. The van der Waals surface area contributed by atoms with Crippen molar-refractivity contribution in [3.8, 4) is 0 Å². The molecule has 4 heteroatoms. The van der Waals surface area contributed by atoms with Gasteiger partial charge in [0.2, 0.25) is 0 Å². The predicted octanol–water partition coefficient (Wildman–Crippen LogP) is 1.31. The number of rotatable bonds is 3. The highest BCUT2D eigenvalue weighted by Crippen LogP contribution is 2.33. The summed E-state index contributed by atoms with van der Waals surface area (Å²) in [5.74, 6) is -0.285. The van der Waals surface area contributed by atoms with Gasteiger partial charge in [-0.1, -0.05) is 18.2 Å². The number of carbonyl (C=O) groups excluding carboxylic acids is 1. The summed E-state index contributed by atoms with van der Waals surface area (Å²) in [4.78, 5) is 11.2. The van der Waals surface area contributed by atoms with Crippen LogP contribution in [0, 0.1) is 0 Å². The van der Waals surface area contributed by atoms with Crippen molar-refractivity contribution in [2.45, 2.75) is 25.7 Å². The van der Waals surface area contributed by atoms with Gasteiger partial charge in [0.25, 0.3) is 0 Å². The van der Waals surface area contributed by atoms with Crippen LogP contribution in [0.1, 0.15) is 29.2 Å². The summed E-state index contributed by atoms with van der Waals surface area (Å²) < 4.78 is 10.1. The Labute approximate surface area is 93.8 Å². The van der Waals surface area contributed by atoms with Crippen molar-refractivity contribution in [2.75, 3.05) is 7.11 Å². The maximum absolute atomic E-state index is 11.2. The van der Waals surface area contributed by atoms with E-state index < -0.39 is 0 Å². The molecule has 0 fully saturated rings. The molecule has 1 atom stereocenters. The quantitative estimate of drug-likeness (QED) is 0.783. The van der Waals surface area contributed by atoms with Gasteiger partial charge in [-0.05, 0) is 16.7 Å². The van der Waals surface area contributed by atoms with Crippen molar-refractivity contribution >= 4 is 5.97 Å². The molecular formula is C12H14O4. The number of methoxy groups -OCH3 is 1. The standard InChI is InChI=1S/C12H14O4/c1-15-12(14)5-11-10-4-8(6-13)2-3-9(10)7-16-11/h2-4,11,13H,5-7H2,1H3. The Morgan fingerprint density at radius 3 is 3.12 bits per heavy atom. The summed E-state index contributed by atoms with van der Waals surface area (Å²) in [6.45, 7) is 0.515. The van der Waals surface area contributed by atoms with Crippen LogP contribution in [0.15, 0.2) is 18.2 Å². The van der Waals surface area contributed by atoms with Crippen molar-refractivity contribution in [3.05, 3.63) is 34.9 Å². The van der Waals surface area contributed by atoms with Crippen LogP contribution < -0.4 is 0 Å². The average molecular weight is 222 g/mol. The van der Waals surface area contributed by atoms with Crippen LogP contribution in [0.25, 0.3) is 0 Å². The third kappa shape index (κ3) is 2.08. The van der Waals surface area contributed by atoms with Crippen LogP contribution in [0.5, 0.6) is 0 Å². The topological polar surface area (TPSA) is 55.8 Å². The third-order valence-corrected chi connectivity index (χ3v) is 2.76. The normalized spacial score (nSPS) is 18.2. The second-order valence-electron chi connectivity index (χ2n) is 3.77. The van der Waals surface area contributed by atoms with Gasteiger partial charge in [-0.15, -0.1) is 0 Å². The van der Waals surface area contributed by atoms with Crippen LogP contribution in [-0.2, 0) is 27.5 Å². The molecule has 1 N–H and O–H groups in total. The highest BCUT2D eigenvalue weighted by atomic mass is 16.5. The molecule has 4 nitrogen and oxygen atoms in total. The van der Waals surface area contributed by atoms with Crippen LogP contribution in [0.4, 0.5) is 0 Å². The monoisotopic (exact) mass is 222 g/mol. The van der Waals surface area contributed by atoms with Gasteiger partial charge in [-0.25, -0.2) is 0 Å². The van der Waals surface area contributed by atoms with E-state index in [0.717, 1.165) is 16.7 Å². The zero-order valence-corrected chi connectivity index (χ0v) is 9.10. The Hall–Kier alpha value is -1.39. The fraction of sp³-hybridized carbons (Fsp3) is 0.417. The largest absolute Gasteiger partial charge is 0.469 e. The van der Waals surface area contributed by atoms with Gasteiger partial charge in [-0.3, -0.25) is 4.79 Å². The number of aliphatic hydroxyl groups is 1. The molecule has 0 bridgehead atoms. The van der Waals surface area contributed by atoms with E-state index in [-0.39, 0.29) is 25.1 Å². The van der Waals surface area contributed by atoms with Crippen LogP contribution in [0.2, 0.25) is 0 Å². The van der Waals surface area contributed by atoms with Crippen LogP contribution in [-0.4, -0.2) is 18.2 Å². The van der Waals surface area contributed by atoms with Gasteiger partial charge >= 0.3 is 5.97 Å². The van der Waals surface area contributed by atoms with Crippen molar-refractivity contribution in [2.24, 2.45) is 0 Å². The molecule has 0 radical (unpaired) electrons. The third-order valence-electron chi connectivity index (χ3n) is 2.76. The molecule has 16 heavy (non-hydrogen) atoms. The van der Waals surface area contributed by atoms with Crippen molar-refractivity contribution in [1.82, 2.24) is 0 Å². The van der Waals surface area contributed by atoms with E-state index in [1.54, 1.807) is 0 Å². The highest BCUT2D eigenvalue weighted by Gasteiger charge is 2.25. The minimum atomic E-state index is -0.285. The number of ether oxygens (including phenoxy) is 2. The maximum atomic E-state index is 11.2. The molecule has 1 aromatic carbocycles. The van der Waals surface area contributed by atoms with Crippen LogP contribution >= 0.6 is 0 Å². The molecule has 0 amide bonds. The lowest BCUT2D eigenvalue weighted by Gasteiger charge is -2.10. The Bertz CT molecular complexity index is 400. The molecule has 1 aliphatic rings. The molecule has 1 aromatic rings. The smallest absolute Gasteiger partial charge is 0.308 e. The number of fused-ring (bicyclic) bond motifs is 1. The lowest BCUT2D eigenvalue weighted by atomic mass is 10.0. The molecule has 0 aromatic heterocycles. The van der Waals surface area contributed by atoms with E-state index >= 15 is 0 Å². The number of esters is 1. The second-order valence-corrected chi connectivity index (χ2v) is 3.77. The minimum Gasteiger partial charge on any atom is -0.469 e. The highest BCUT2D eigenvalue weighted by molar-refractivity contribution is 5.70. The molecule has 1 heterocycles. The Morgan fingerprint density at radius 2 is 2.44 bits per heavy atom. The first kappa shape index (κ1) is 11.1. The van der Waals surface area contributed by atoms with E-state index in [1.807, 2.05) is 18.2 Å². The number of aliphatic hydroxyl groups excluding tert-OH is 1. The molecule has 86 valence electrons. The fourth-order valence-electron chi connectivity index (χ4n) is 1.86. The molecule has 2 rings (SSSR count). The van der Waals surface area contributed by atoms with Crippen molar-refractivity contribution in [1.29, 1.82) is 0 Å².